The zero-order valence-electron chi connectivity index (χ0n) is 19.1. The number of carbonyl (C=O) groups excluding carboxylic acids is 2. The van der Waals surface area contributed by atoms with E-state index >= 15 is 0 Å². The van der Waals surface area contributed by atoms with Gasteiger partial charge in [0.15, 0.2) is 11.5 Å². The van der Waals surface area contributed by atoms with Crippen molar-refractivity contribution in [2.45, 2.75) is 20.5 Å². The summed E-state index contributed by atoms with van der Waals surface area (Å²) in [5.41, 5.74) is 3.02. The molecule has 0 N–H and O–H groups in total. The van der Waals surface area contributed by atoms with Crippen LogP contribution in [0.25, 0.3) is 6.08 Å². The average Bonchev–Trinajstić information content (AvgIpc) is 3.13. The highest BCUT2D eigenvalue weighted by molar-refractivity contribution is 14.1. The lowest BCUT2D eigenvalue weighted by atomic mass is 10.1. The summed E-state index contributed by atoms with van der Waals surface area (Å²) >= 11 is 5.64. The van der Waals surface area contributed by atoms with Gasteiger partial charge >= 0.3 is 0 Å². The van der Waals surface area contributed by atoms with Gasteiger partial charge in [0.1, 0.15) is 6.61 Å². The first-order valence-electron chi connectivity index (χ1n) is 10.9. The van der Waals surface area contributed by atoms with Crippen molar-refractivity contribution >= 4 is 62.1 Å². The van der Waals surface area contributed by atoms with Crippen LogP contribution >= 0.6 is 38.5 Å². The van der Waals surface area contributed by atoms with Gasteiger partial charge < -0.3 is 9.47 Å². The normalized spacial score (nSPS) is 14.3. The smallest absolute Gasteiger partial charge is 0.283 e. The van der Waals surface area contributed by atoms with Gasteiger partial charge in [-0.3, -0.25) is 9.59 Å². The molecule has 0 saturated heterocycles. The van der Waals surface area contributed by atoms with E-state index in [2.05, 4.69) is 43.6 Å². The highest BCUT2D eigenvalue weighted by Crippen LogP contribution is 2.36. The molecule has 8 heteroatoms. The average molecular weight is 645 g/mol. The molecule has 35 heavy (non-hydrogen) atoms. The lowest BCUT2D eigenvalue weighted by molar-refractivity contribution is -0.123. The Hall–Kier alpha value is -2.98. The maximum absolute atomic E-state index is 13.0. The Morgan fingerprint density at radius 2 is 1.80 bits per heavy atom. The van der Waals surface area contributed by atoms with Gasteiger partial charge in [0.2, 0.25) is 0 Å². The van der Waals surface area contributed by atoms with Gasteiger partial charge in [-0.05, 0) is 90.0 Å². The van der Waals surface area contributed by atoms with E-state index in [0.717, 1.165) is 24.2 Å². The van der Waals surface area contributed by atoms with Crippen molar-refractivity contribution in [1.29, 1.82) is 0 Å². The molecule has 3 aromatic rings. The van der Waals surface area contributed by atoms with Crippen molar-refractivity contribution in [3.8, 4) is 11.5 Å². The van der Waals surface area contributed by atoms with E-state index in [1.54, 1.807) is 37.3 Å². The second-order valence-corrected chi connectivity index (χ2v) is 9.79. The first-order valence-corrected chi connectivity index (χ1v) is 12.8. The van der Waals surface area contributed by atoms with Crippen LogP contribution in [0.4, 0.5) is 0 Å². The van der Waals surface area contributed by atoms with Crippen LogP contribution in [0.3, 0.4) is 0 Å². The van der Waals surface area contributed by atoms with Crippen LogP contribution in [0, 0.1) is 3.57 Å². The first-order chi connectivity index (χ1) is 16.9. The predicted molar refractivity (Wildman–Crippen MR) is 148 cm³/mol. The number of rotatable bonds is 7. The van der Waals surface area contributed by atoms with Crippen molar-refractivity contribution in [3.63, 3.8) is 0 Å². The first kappa shape index (κ1) is 25.1. The summed E-state index contributed by atoms with van der Waals surface area (Å²) in [5.74, 6) is 0.307. The van der Waals surface area contributed by atoms with Crippen LogP contribution in [-0.4, -0.2) is 29.1 Å². The fourth-order valence-corrected chi connectivity index (χ4v) is 4.55. The molecule has 0 atom stereocenters. The van der Waals surface area contributed by atoms with Crippen LogP contribution in [-0.2, 0) is 11.4 Å². The number of hydrogen-bond acceptors (Lipinski definition) is 5. The van der Waals surface area contributed by atoms with E-state index < -0.39 is 11.8 Å². The summed E-state index contributed by atoms with van der Waals surface area (Å²) in [6.07, 6.45) is 1.72. The number of nitrogens with zero attached hydrogens (tertiary/aromatic N) is 2. The van der Waals surface area contributed by atoms with Gasteiger partial charge in [-0.25, -0.2) is 0 Å². The van der Waals surface area contributed by atoms with Crippen LogP contribution in [0.15, 0.2) is 81.9 Å². The number of imide groups is 1. The number of halogens is 2. The third kappa shape index (κ3) is 5.82. The fourth-order valence-electron chi connectivity index (χ4n) is 3.50. The second kappa shape index (κ2) is 11.2. The minimum Gasteiger partial charge on any atom is -0.490 e. The van der Waals surface area contributed by atoms with Gasteiger partial charge in [-0.2, -0.15) is 10.1 Å². The molecule has 1 heterocycles. The van der Waals surface area contributed by atoms with Gasteiger partial charge in [0, 0.05) is 10.0 Å². The molecule has 0 fully saturated rings. The quantitative estimate of drug-likeness (QED) is 0.168. The zero-order chi connectivity index (χ0) is 24.9. The molecular formula is C27H22BrIN2O4. The number of amides is 2. The summed E-state index contributed by atoms with van der Waals surface area (Å²) in [6, 6.07) is 20.3. The zero-order valence-corrected chi connectivity index (χ0v) is 22.9. The van der Waals surface area contributed by atoms with E-state index in [4.69, 9.17) is 9.47 Å². The highest BCUT2D eigenvalue weighted by atomic mass is 127. The van der Waals surface area contributed by atoms with Gasteiger partial charge in [0.05, 0.1) is 21.5 Å². The van der Waals surface area contributed by atoms with Gasteiger partial charge in [-0.15, -0.1) is 0 Å². The van der Waals surface area contributed by atoms with Gasteiger partial charge in [0.25, 0.3) is 11.8 Å². The molecule has 1 aliphatic rings. The topological polar surface area (TPSA) is 68.2 Å². The molecule has 1 aliphatic heterocycles. The molecule has 6 nitrogen and oxygen atoms in total. The summed E-state index contributed by atoms with van der Waals surface area (Å²) < 4.78 is 13.8. The molecule has 0 unspecified atom stereocenters. The summed E-state index contributed by atoms with van der Waals surface area (Å²) in [4.78, 5) is 25.8. The maximum Gasteiger partial charge on any atom is 0.283 e. The summed E-state index contributed by atoms with van der Waals surface area (Å²) in [6.45, 7) is 4.47. The van der Waals surface area contributed by atoms with Crippen molar-refractivity contribution in [2.24, 2.45) is 5.10 Å². The Balaban J connectivity index is 1.59. The minimum absolute atomic E-state index is 0.357. The number of carbonyl (C=O) groups is 2. The molecule has 0 aliphatic carbocycles. The Labute approximate surface area is 225 Å². The number of ether oxygens (including phenoxy) is 2. The van der Waals surface area contributed by atoms with Crippen LogP contribution < -0.4 is 9.47 Å². The largest absolute Gasteiger partial charge is 0.490 e. The van der Waals surface area contributed by atoms with E-state index in [0.29, 0.717) is 41.6 Å². The van der Waals surface area contributed by atoms with Crippen molar-refractivity contribution in [2.75, 3.05) is 6.61 Å². The molecule has 0 bridgehead atoms. The summed E-state index contributed by atoms with van der Waals surface area (Å²) in [5, 5.41) is 5.13. The number of benzene rings is 3. The Bertz CT molecular complexity index is 1320. The maximum atomic E-state index is 13.0. The number of hydrazone groups is 1. The molecule has 4 rings (SSSR count). The van der Waals surface area contributed by atoms with E-state index in [1.807, 2.05) is 49.4 Å². The summed E-state index contributed by atoms with van der Waals surface area (Å²) in [7, 11) is 0. The fraction of sp³-hybridized carbons (Fsp3) is 0.148. The molecule has 0 saturated carbocycles. The van der Waals surface area contributed by atoms with E-state index in [1.165, 1.54) is 0 Å². The third-order valence-corrected chi connectivity index (χ3v) is 6.54. The Kier molecular flexibility index (Phi) is 8.02. The monoisotopic (exact) mass is 644 g/mol. The van der Waals surface area contributed by atoms with E-state index in [-0.39, 0.29) is 0 Å². The van der Waals surface area contributed by atoms with Crippen molar-refractivity contribution in [1.82, 2.24) is 5.01 Å². The predicted octanol–water partition coefficient (Wildman–Crippen LogP) is 6.47. The molecule has 0 radical (unpaired) electrons. The second-order valence-electron chi connectivity index (χ2n) is 7.71. The van der Waals surface area contributed by atoms with Crippen LogP contribution in [0.5, 0.6) is 11.5 Å². The Morgan fingerprint density at radius 3 is 2.49 bits per heavy atom. The SMILES string of the molecule is CCOc1cc(/C=C2/C(=O)N(C(=O)c3ccccc3)N=C2C)cc(I)c1OCc1ccc(Br)cc1. The third-order valence-electron chi connectivity index (χ3n) is 5.21. The van der Waals surface area contributed by atoms with Crippen LogP contribution in [0.2, 0.25) is 0 Å². The number of hydrogen-bond donors (Lipinski definition) is 0. The molecule has 2 amide bonds. The lowest BCUT2D eigenvalue weighted by Gasteiger charge is -2.15. The molecule has 0 aromatic heterocycles. The minimum atomic E-state index is -0.459. The molecule has 0 spiro atoms. The highest BCUT2D eigenvalue weighted by Gasteiger charge is 2.33. The Morgan fingerprint density at radius 1 is 1.09 bits per heavy atom. The standard InChI is InChI=1S/C27H22BrIN2O4/c1-3-34-24-15-19(14-23(29)25(24)35-16-18-9-11-21(28)12-10-18)13-22-17(2)30-31(27(22)33)26(32)20-7-5-4-6-8-20/h4-15H,3,16H2,1-2H3/b22-13+. The van der Waals surface area contributed by atoms with Gasteiger partial charge in [-0.1, -0.05) is 46.3 Å². The van der Waals surface area contributed by atoms with E-state index in [9.17, 15) is 9.59 Å². The molecule has 178 valence electrons. The van der Waals surface area contributed by atoms with Crippen molar-refractivity contribution in [3.05, 3.63) is 97.0 Å². The van der Waals surface area contributed by atoms with Crippen molar-refractivity contribution < 1.29 is 19.1 Å². The van der Waals surface area contributed by atoms with Crippen LogP contribution in [0.1, 0.15) is 35.3 Å². The lowest BCUT2D eigenvalue weighted by Crippen LogP contribution is -2.29. The molecular weight excluding hydrogens is 623 g/mol. The molecule has 3 aromatic carbocycles.